The molecule has 1 N–H and O–H groups in total. The number of carbonyl (C=O) groups is 1. The molecular weight excluding hydrogens is 358 g/mol. The van der Waals surface area contributed by atoms with Crippen LogP contribution in [0.25, 0.3) is 0 Å². The van der Waals surface area contributed by atoms with E-state index in [0.29, 0.717) is 23.6 Å². The fourth-order valence-electron chi connectivity index (χ4n) is 2.30. The highest BCUT2D eigenvalue weighted by molar-refractivity contribution is 7.92. The van der Waals surface area contributed by atoms with Gasteiger partial charge < -0.3 is 14.2 Å². The van der Waals surface area contributed by atoms with E-state index in [-0.39, 0.29) is 17.3 Å². The van der Waals surface area contributed by atoms with Crippen molar-refractivity contribution >= 4 is 21.7 Å². The summed E-state index contributed by atoms with van der Waals surface area (Å²) in [7, 11) is 0.561. The average Bonchev–Trinajstić information content (AvgIpc) is 2.65. The van der Waals surface area contributed by atoms with E-state index in [9.17, 15) is 13.2 Å². The van der Waals surface area contributed by atoms with Crippen LogP contribution >= 0.6 is 0 Å². The third-order valence-corrected chi connectivity index (χ3v) is 5.11. The average molecular weight is 379 g/mol. The number of methoxy groups -OCH3 is 3. The molecule has 0 unspecified atom stereocenters. The summed E-state index contributed by atoms with van der Waals surface area (Å²) in [5.74, 6) is 0.619. The fraction of sp³-hybridized carbons (Fsp3) is 0.278. The minimum atomic E-state index is -3.75. The zero-order chi connectivity index (χ0) is 19.2. The molecular formula is C18H21NO6S. The minimum absolute atomic E-state index is 0.120. The molecule has 0 saturated carbocycles. The van der Waals surface area contributed by atoms with E-state index in [1.807, 2.05) is 0 Å². The zero-order valence-corrected chi connectivity index (χ0v) is 15.6. The molecule has 0 bridgehead atoms. The van der Waals surface area contributed by atoms with Gasteiger partial charge in [0.2, 0.25) is 0 Å². The second-order valence-corrected chi connectivity index (χ2v) is 7.08. The number of hydrogen-bond donors (Lipinski definition) is 1. The Labute approximate surface area is 152 Å². The van der Waals surface area contributed by atoms with Gasteiger partial charge in [-0.25, -0.2) is 8.42 Å². The van der Waals surface area contributed by atoms with Crippen molar-refractivity contribution in [1.29, 1.82) is 0 Å². The molecule has 140 valence electrons. The first-order valence-corrected chi connectivity index (χ1v) is 9.28. The van der Waals surface area contributed by atoms with Crippen molar-refractivity contribution in [2.24, 2.45) is 0 Å². The summed E-state index contributed by atoms with van der Waals surface area (Å²) in [5, 5.41) is 0. The van der Waals surface area contributed by atoms with Gasteiger partial charge in [0.15, 0.2) is 11.5 Å². The van der Waals surface area contributed by atoms with E-state index >= 15 is 0 Å². The maximum absolute atomic E-state index is 12.5. The Morgan fingerprint density at radius 1 is 0.962 bits per heavy atom. The lowest BCUT2D eigenvalue weighted by molar-refractivity contribution is -0.140. The molecule has 0 radical (unpaired) electrons. The SMILES string of the molecule is COC(=O)CCc1ccc(S(=O)(=O)Nc2ccc(OC)c(OC)c2)cc1. The Kier molecular flexibility index (Phi) is 6.46. The summed E-state index contributed by atoms with van der Waals surface area (Å²) >= 11 is 0. The van der Waals surface area contributed by atoms with Crippen LogP contribution in [0.15, 0.2) is 47.4 Å². The molecule has 0 spiro atoms. The van der Waals surface area contributed by atoms with Gasteiger partial charge in [0.25, 0.3) is 10.0 Å². The summed E-state index contributed by atoms with van der Waals surface area (Å²) in [6, 6.07) is 11.1. The summed E-state index contributed by atoms with van der Waals surface area (Å²) in [6.45, 7) is 0. The van der Waals surface area contributed by atoms with Crippen molar-refractivity contribution < 1.29 is 27.4 Å². The Morgan fingerprint density at radius 3 is 2.19 bits per heavy atom. The molecule has 0 aliphatic rings. The highest BCUT2D eigenvalue weighted by atomic mass is 32.2. The molecule has 0 atom stereocenters. The maximum atomic E-state index is 12.5. The molecule has 8 heteroatoms. The highest BCUT2D eigenvalue weighted by Gasteiger charge is 2.15. The Bertz CT molecular complexity index is 862. The van der Waals surface area contributed by atoms with Gasteiger partial charge in [-0.1, -0.05) is 12.1 Å². The molecule has 0 aliphatic heterocycles. The quantitative estimate of drug-likeness (QED) is 0.709. The highest BCUT2D eigenvalue weighted by Crippen LogP contribution is 2.30. The molecule has 2 rings (SSSR count). The number of nitrogens with one attached hydrogen (secondary N) is 1. The topological polar surface area (TPSA) is 90.9 Å². The number of aryl methyl sites for hydroxylation is 1. The van der Waals surface area contributed by atoms with Gasteiger partial charge in [-0.15, -0.1) is 0 Å². The van der Waals surface area contributed by atoms with Gasteiger partial charge in [0, 0.05) is 12.5 Å². The van der Waals surface area contributed by atoms with Gasteiger partial charge in [0.1, 0.15) is 0 Å². The van der Waals surface area contributed by atoms with Gasteiger partial charge in [-0.2, -0.15) is 0 Å². The largest absolute Gasteiger partial charge is 0.493 e. The molecule has 0 aromatic heterocycles. The number of esters is 1. The van der Waals surface area contributed by atoms with E-state index in [4.69, 9.17) is 9.47 Å². The molecule has 2 aromatic carbocycles. The predicted octanol–water partition coefficient (Wildman–Crippen LogP) is 2.61. The smallest absolute Gasteiger partial charge is 0.305 e. The van der Waals surface area contributed by atoms with Crippen molar-refractivity contribution in [3.05, 3.63) is 48.0 Å². The monoisotopic (exact) mass is 379 g/mol. The van der Waals surface area contributed by atoms with Crippen LogP contribution in [0.3, 0.4) is 0 Å². The molecule has 0 saturated heterocycles. The van der Waals surface area contributed by atoms with E-state index < -0.39 is 10.0 Å². The second kappa shape index (κ2) is 8.57. The van der Waals surface area contributed by atoms with Crippen LogP contribution in [-0.4, -0.2) is 35.7 Å². The summed E-state index contributed by atoms with van der Waals surface area (Å²) in [5.41, 5.74) is 1.21. The summed E-state index contributed by atoms with van der Waals surface area (Å²) in [6.07, 6.45) is 0.725. The normalized spacial score (nSPS) is 10.9. The third-order valence-electron chi connectivity index (χ3n) is 3.71. The number of ether oxygens (including phenoxy) is 3. The van der Waals surface area contributed by atoms with Gasteiger partial charge >= 0.3 is 5.97 Å². The van der Waals surface area contributed by atoms with Crippen LogP contribution in [0, 0.1) is 0 Å². The maximum Gasteiger partial charge on any atom is 0.305 e. The number of benzene rings is 2. The van der Waals surface area contributed by atoms with E-state index in [1.165, 1.54) is 33.5 Å². The van der Waals surface area contributed by atoms with Gasteiger partial charge in [-0.05, 0) is 36.2 Å². The van der Waals surface area contributed by atoms with Crippen LogP contribution < -0.4 is 14.2 Å². The number of rotatable bonds is 8. The minimum Gasteiger partial charge on any atom is -0.493 e. The molecule has 0 amide bonds. The second-order valence-electron chi connectivity index (χ2n) is 5.40. The first-order chi connectivity index (χ1) is 12.4. The number of sulfonamides is 1. The lowest BCUT2D eigenvalue weighted by Gasteiger charge is -2.12. The molecule has 7 nitrogen and oxygen atoms in total. The van der Waals surface area contributed by atoms with Crippen LogP contribution in [-0.2, 0) is 26.0 Å². The number of anilines is 1. The van der Waals surface area contributed by atoms with E-state index in [0.717, 1.165) is 5.56 Å². The standard InChI is InChI=1S/C18H21NO6S/c1-23-16-10-7-14(12-17(16)24-2)19-26(21,22)15-8-4-13(5-9-15)6-11-18(20)25-3/h4-5,7-10,12,19H,6,11H2,1-3H3. The van der Waals surface area contributed by atoms with Crippen LogP contribution in [0.4, 0.5) is 5.69 Å². The van der Waals surface area contributed by atoms with Crippen molar-refractivity contribution in [2.45, 2.75) is 17.7 Å². The Balaban J connectivity index is 2.13. The first-order valence-electron chi connectivity index (χ1n) is 7.80. The van der Waals surface area contributed by atoms with Gasteiger partial charge in [0.05, 0.1) is 31.9 Å². The molecule has 2 aromatic rings. The van der Waals surface area contributed by atoms with Crippen molar-refractivity contribution in [3.63, 3.8) is 0 Å². The van der Waals surface area contributed by atoms with Crippen LogP contribution in [0.2, 0.25) is 0 Å². The van der Waals surface area contributed by atoms with Crippen LogP contribution in [0.1, 0.15) is 12.0 Å². The Hall–Kier alpha value is -2.74. The lowest BCUT2D eigenvalue weighted by atomic mass is 10.1. The summed E-state index contributed by atoms with van der Waals surface area (Å²) < 4.78 is 42.4. The van der Waals surface area contributed by atoms with Crippen LogP contribution in [0.5, 0.6) is 11.5 Å². The predicted molar refractivity (Wildman–Crippen MR) is 97.1 cm³/mol. The van der Waals surface area contributed by atoms with Crippen molar-refractivity contribution in [2.75, 3.05) is 26.1 Å². The van der Waals surface area contributed by atoms with Gasteiger partial charge in [-0.3, -0.25) is 9.52 Å². The van der Waals surface area contributed by atoms with E-state index in [1.54, 1.807) is 30.3 Å². The Morgan fingerprint density at radius 2 is 1.62 bits per heavy atom. The lowest BCUT2D eigenvalue weighted by Crippen LogP contribution is -2.13. The zero-order valence-electron chi connectivity index (χ0n) is 14.8. The molecule has 0 aliphatic carbocycles. The molecule has 0 fully saturated rings. The molecule has 0 heterocycles. The summed E-state index contributed by atoms with van der Waals surface area (Å²) in [4.78, 5) is 11.3. The van der Waals surface area contributed by atoms with Crippen molar-refractivity contribution in [3.8, 4) is 11.5 Å². The fourth-order valence-corrected chi connectivity index (χ4v) is 3.35. The van der Waals surface area contributed by atoms with E-state index in [2.05, 4.69) is 9.46 Å². The third kappa shape index (κ3) is 4.89. The number of carbonyl (C=O) groups excluding carboxylic acids is 1. The van der Waals surface area contributed by atoms with Crippen molar-refractivity contribution in [1.82, 2.24) is 0 Å². The molecule has 26 heavy (non-hydrogen) atoms. The first kappa shape index (κ1) is 19.6. The number of hydrogen-bond acceptors (Lipinski definition) is 6.